The first-order valence-electron chi connectivity index (χ1n) is 12.9. The first-order chi connectivity index (χ1) is 18.7. The number of hydrazone groups is 1. The van der Waals surface area contributed by atoms with Crippen molar-refractivity contribution < 1.29 is 9.53 Å². The number of methoxy groups -OCH3 is 1. The molecule has 200 valence electrons. The number of carbonyl (C=O) groups is 1. The maximum Gasteiger partial charge on any atom is 0.345 e. The maximum atomic E-state index is 13.9. The van der Waals surface area contributed by atoms with Crippen LogP contribution in [-0.2, 0) is 6.54 Å². The molecule has 0 aromatic heterocycles. The van der Waals surface area contributed by atoms with Crippen molar-refractivity contribution >= 4 is 46.7 Å². The van der Waals surface area contributed by atoms with Gasteiger partial charge < -0.3 is 10.5 Å². The Hall–Kier alpha value is -4.13. The number of fused-ring (bicyclic) bond motifs is 2. The van der Waals surface area contributed by atoms with E-state index < -0.39 is 0 Å². The van der Waals surface area contributed by atoms with Crippen molar-refractivity contribution in [3.8, 4) is 5.75 Å². The van der Waals surface area contributed by atoms with Crippen LogP contribution in [0.15, 0.2) is 102 Å². The van der Waals surface area contributed by atoms with Crippen molar-refractivity contribution in [3.05, 3.63) is 114 Å². The molecule has 5 rings (SSSR count). The minimum Gasteiger partial charge on any atom is -0.497 e. The van der Waals surface area contributed by atoms with E-state index in [4.69, 9.17) is 15.6 Å². The third-order valence-electron chi connectivity index (χ3n) is 6.68. The molecule has 0 atom stereocenters. The van der Waals surface area contributed by atoms with Crippen molar-refractivity contribution in [1.82, 2.24) is 5.01 Å². The van der Waals surface area contributed by atoms with E-state index in [0.29, 0.717) is 19.6 Å². The molecule has 0 spiro atoms. The minimum absolute atomic E-state index is 0. The largest absolute Gasteiger partial charge is 0.497 e. The van der Waals surface area contributed by atoms with Crippen molar-refractivity contribution in [3.63, 3.8) is 0 Å². The monoisotopic (exact) mass is 540 g/mol. The molecule has 0 radical (unpaired) electrons. The van der Waals surface area contributed by atoms with Crippen LogP contribution in [0.1, 0.15) is 29.5 Å². The van der Waals surface area contributed by atoms with Crippen LogP contribution in [0.2, 0.25) is 0 Å². The number of ether oxygens (including phenoxy) is 1. The summed E-state index contributed by atoms with van der Waals surface area (Å²) >= 11 is 0. The van der Waals surface area contributed by atoms with Crippen LogP contribution in [0.25, 0.3) is 16.8 Å². The molecular weight excluding hydrogens is 508 g/mol. The number of hydrogen-bond acceptors (Lipinski definition) is 4. The maximum absolute atomic E-state index is 13.9. The van der Waals surface area contributed by atoms with Crippen molar-refractivity contribution in [2.45, 2.75) is 19.4 Å². The van der Waals surface area contributed by atoms with Gasteiger partial charge in [-0.25, -0.2) is 9.80 Å². The zero-order valence-corrected chi connectivity index (χ0v) is 22.8. The van der Waals surface area contributed by atoms with Gasteiger partial charge in [-0.05, 0) is 71.6 Å². The van der Waals surface area contributed by atoms with E-state index in [9.17, 15) is 4.79 Å². The predicted molar refractivity (Wildman–Crippen MR) is 163 cm³/mol. The number of hydrogen-bond donors (Lipinski definition) is 1. The molecule has 2 N–H and O–H groups in total. The van der Waals surface area contributed by atoms with Crippen molar-refractivity contribution in [1.29, 1.82) is 0 Å². The summed E-state index contributed by atoms with van der Waals surface area (Å²) in [5.74, 6) is 0.806. The number of benzene rings is 4. The zero-order valence-electron chi connectivity index (χ0n) is 22.0. The Morgan fingerprint density at radius 3 is 2.38 bits per heavy atom. The molecule has 0 unspecified atom stereocenters. The molecule has 7 heteroatoms. The number of para-hydroxylation sites is 1. The van der Waals surface area contributed by atoms with Crippen molar-refractivity contribution in [2.75, 3.05) is 25.1 Å². The smallest absolute Gasteiger partial charge is 0.345 e. The summed E-state index contributed by atoms with van der Waals surface area (Å²) in [6, 6.07) is 30.3. The van der Waals surface area contributed by atoms with Gasteiger partial charge in [-0.3, -0.25) is 4.90 Å². The fourth-order valence-corrected chi connectivity index (χ4v) is 4.63. The number of allylic oxidation sites excluding steroid dienone is 1. The lowest BCUT2D eigenvalue weighted by Crippen LogP contribution is -2.40. The molecule has 4 aromatic carbocycles. The molecule has 0 aliphatic carbocycles. The molecule has 2 amide bonds. The number of unbranched alkanes of at least 4 members (excludes halogenated alkanes) is 1. The van der Waals surface area contributed by atoms with E-state index in [1.54, 1.807) is 12.1 Å². The average molecular weight is 541 g/mol. The second-order valence-electron chi connectivity index (χ2n) is 9.28. The Labute approximate surface area is 235 Å². The SMILES string of the molecule is COc1ccc(/C=C/C2=NN(CCCCN)C(=O)N(Cc3ccc4ccccc4c3)c3ccccc32)cc1.Cl. The summed E-state index contributed by atoms with van der Waals surface area (Å²) < 4.78 is 5.28. The van der Waals surface area contributed by atoms with Crippen molar-refractivity contribution in [2.24, 2.45) is 10.8 Å². The van der Waals surface area contributed by atoms with E-state index in [0.717, 1.165) is 52.1 Å². The van der Waals surface area contributed by atoms with Crippen LogP contribution in [-0.4, -0.2) is 37.0 Å². The van der Waals surface area contributed by atoms with Crippen LogP contribution in [0, 0.1) is 0 Å². The second-order valence-corrected chi connectivity index (χ2v) is 9.28. The Morgan fingerprint density at radius 1 is 0.872 bits per heavy atom. The first-order valence-corrected chi connectivity index (χ1v) is 12.9. The molecule has 0 bridgehead atoms. The molecule has 1 aliphatic rings. The molecule has 4 aromatic rings. The number of anilines is 1. The number of halogens is 1. The van der Waals surface area contributed by atoms with Gasteiger partial charge in [0.25, 0.3) is 0 Å². The van der Waals surface area contributed by atoms with Gasteiger partial charge in [-0.2, -0.15) is 5.10 Å². The van der Waals surface area contributed by atoms with E-state index in [1.165, 1.54) is 5.39 Å². The van der Waals surface area contributed by atoms with Gasteiger partial charge in [0.1, 0.15) is 5.75 Å². The highest BCUT2D eigenvalue weighted by Crippen LogP contribution is 2.29. The minimum atomic E-state index is -0.143. The topological polar surface area (TPSA) is 71.2 Å². The number of nitrogens with two attached hydrogens (primary N) is 1. The van der Waals surface area contributed by atoms with Gasteiger partial charge in [0.05, 0.1) is 25.1 Å². The highest BCUT2D eigenvalue weighted by atomic mass is 35.5. The highest BCUT2D eigenvalue weighted by Gasteiger charge is 2.29. The molecule has 39 heavy (non-hydrogen) atoms. The molecule has 6 nitrogen and oxygen atoms in total. The van der Waals surface area contributed by atoms with E-state index in [2.05, 4.69) is 30.3 Å². The standard InChI is InChI=1S/C32H32N4O2.ClH/c1-38-28-17-13-24(14-18-28)15-19-30-29-10-4-5-11-31(29)35(32(37)36(34-30)21-7-6-20-33)23-25-12-16-26-8-2-3-9-27(26)22-25;/h2-5,8-19,22H,6-7,20-21,23,33H2,1H3;1H/b19-15+;. The number of amides is 2. The molecule has 1 heterocycles. The van der Waals surface area contributed by atoms with Gasteiger partial charge in [-0.1, -0.05) is 72.8 Å². The number of rotatable bonds is 9. The van der Waals surface area contributed by atoms with Crippen LogP contribution >= 0.6 is 12.4 Å². The lowest BCUT2D eigenvalue weighted by molar-refractivity contribution is 0.206. The first kappa shape index (κ1) is 27.9. The Bertz CT molecular complexity index is 1480. The Balaban J connectivity index is 0.00000353. The van der Waals surface area contributed by atoms with E-state index in [1.807, 2.05) is 77.7 Å². The van der Waals surface area contributed by atoms with Gasteiger partial charge >= 0.3 is 6.03 Å². The van der Waals surface area contributed by atoms with Gasteiger partial charge in [0, 0.05) is 12.1 Å². The van der Waals surface area contributed by atoms with Crippen LogP contribution in [0.4, 0.5) is 10.5 Å². The number of urea groups is 1. The van der Waals surface area contributed by atoms with Crippen LogP contribution in [0.3, 0.4) is 0 Å². The zero-order chi connectivity index (χ0) is 26.3. The molecule has 0 saturated carbocycles. The number of carbonyl (C=O) groups excluding carboxylic acids is 1. The van der Waals surface area contributed by atoms with Crippen LogP contribution < -0.4 is 15.4 Å². The van der Waals surface area contributed by atoms with Gasteiger partial charge in [0.2, 0.25) is 0 Å². The average Bonchev–Trinajstić information content (AvgIpc) is 3.07. The summed E-state index contributed by atoms with van der Waals surface area (Å²) in [4.78, 5) is 15.8. The molecular formula is C32H33ClN4O2. The van der Waals surface area contributed by atoms with Crippen LogP contribution in [0.5, 0.6) is 5.75 Å². The van der Waals surface area contributed by atoms with E-state index >= 15 is 0 Å². The summed E-state index contributed by atoms with van der Waals surface area (Å²) in [7, 11) is 1.65. The third kappa shape index (κ3) is 6.48. The lowest BCUT2D eigenvalue weighted by atomic mass is 10.0. The summed E-state index contributed by atoms with van der Waals surface area (Å²) in [6.07, 6.45) is 5.59. The van der Waals surface area contributed by atoms with E-state index in [-0.39, 0.29) is 18.4 Å². The Kier molecular flexibility index (Phi) is 9.36. The predicted octanol–water partition coefficient (Wildman–Crippen LogP) is 6.87. The highest BCUT2D eigenvalue weighted by molar-refractivity contribution is 6.17. The fraction of sp³-hybridized carbons (Fsp3) is 0.188. The Morgan fingerprint density at radius 2 is 1.62 bits per heavy atom. The molecule has 0 fully saturated rings. The second kappa shape index (κ2) is 13.1. The number of nitrogens with zero attached hydrogens (tertiary/aromatic N) is 3. The van der Waals surface area contributed by atoms with Gasteiger partial charge in [-0.15, -0.1) is 12.4 Å². The molecule has 0 saturated heterocycles. The summed E-state index contributed by atoms with van der Waals surface area (Å²) in [6.45, 7) is 1.52. The normalized spacial score (nSPS) is 13.2. The lowest BCUT2D eigenvalue weighted by Gasteiger charge is -2.27. The third-order valence-corrected chi connectivity index (χ3v) is 6.68. The quantitative estimate of drug-likeness (QED) is 0.235. The summed E-state index contributed by atoms with van der Waals surface area (Å²) in [5.41, 5.74) is 10.3. The summed E-state index contributed by atoms with van der Waals surface area (Å²) in [5, 5.41) is 8.78. The van der Waals surface area contributed by atoms with Gasteiger partial charge in [0.15, 0.2) is 0 Å². The molecule has 1 aliphatic heterocycles. The fourth-order valence-electron chi connectivity index (χ4n) is 4.63.